The summed E-state index contributed by atoms with van der Waals surface area (Å²) in [5.41, 5.74) is 0. The van der Waals surface area contributed by atoms with Crippen molar-refractivity contribution in [1.29, 1.82) is 0 Å². The smallest absolute Gasteiger partial charge is 0.241 e. The van der Waals surface area contributed by atoms with Crippen LogP contribution in [0.25, 0.3) is 0 Å². The fourth-order valence-corrected chi connectivity index (χ4v) is 1.01. The molecule has 0 aromatic rings. The van der Waals surface area contributed by atoms with Crippen LogP contribution in [-0.4, -0.2) is 22.5 Å². The lowest BCUT2D eigenvalue weighted by atomic mass is 10.1. The second-order valence-corrected chi connectivity index (χ2v) is 2.76. The number of amides is 2. The molecule has 0 saturated carbocycles. The molecule has 0 saturated heterocycles. The molecule has 2 amide bonds. The highest BCUT2D eigenvalue weighted by molar-refractivity contribution is 6.13. The summed E-state index contributed by atoms with van der Waals surface area (Å²) < 4.78 is 27.2. The van der Waals surface area contributed by atoms with Crippen molar-refractivity contribution in [2.24, 2.45) is 0 Å². The van der Waals surface area contributed by atoms with Gasteiger partial charge in [-0.1, -0.05) is 6.92 Å². The highest BCUT2D eigenvalue weighted by Gasteiger charge is 2.29. The summed E-state index contributed by atoms with van der Waals surface area (Å²) in [7, 11) is 0. The van der Waals surface area contributed by atoms with Gasteiger partial charge in [0.1, 0.15) is 0 Å². The lowest BCUT2D eigenvalue weighted by molar-refractivity contribution is -0.143. The molecule has 0 aliphatic carbocycles. The number of carbonyl (C=O) groups excluding carboxylic acids is 3. The van der Waals surface area contributed by atoms with Crippen LogP contribution in [0.4, 0.5) is 4.39 Å². The third-order valence-corrected chi connectivity index (χ3v) is 1.69. The van der Waals surface area contributed by atoms with Crippen molar-refractivity contribution >= 4 is 17.6 Å². The number of imide groups is 1. The molecule has 0 radical (unpaired) electrons. The van der Waals surface area contributed by atoms with E-state index in [9.17, 15) is 18.8 Å². The van der Waals surface area contributed by atoms with Gasteiger partial charge in [0, 0.05) is 9.16 Å². The predicted molar refractivity (Wildman–Crippen MR) is 45.6 cm³/mol. The van der Waals surface area contributed by atoms with Gasteiger partial charge in [0.15, 0.2) is 5.83 Å². The van der Waals surface area contributed by atoms with E-state index >= 15 is 0 Å². The van der Waals surface area contributed by atoms with Gasteiger partial charge >= 0.3 is 0 Å². The third kappa shape index (κ3) is 2.04. The maximum atomic E-state index is 12.9. The second kappa shape index (κ2) is 4.13. The van der Waals surface area contributed by atoms with Gasteiger partial charge in [-0.2, -0.15) is 0 Å². The normalized spacial score (nSPS) is 20.1. The molecule has 1 aliphatic heterocycles. The van der Waals surface area contributed by atoms with E-state index in [2.05, 4.69) is 0 Å². The quantitative estimate of drug-likeness (QED) is 0.624. The first-order valence-corrected chi connectivity index (χ1v) is 3.96. The number of hydrogen-bond acceptors (Lipinski definition) is 3. The van der Waals surface area contributed by atoms with Crippen molar-refractivity contribution in [2.75, 3.05) is 0 Å². The van der Waals surface area contributed by atoms with Crippen LogP contribution in [0.3, 0.4) is 0 Å². The Morgan fingerprint density at radius 3 is 2.93 bits per heavy atom. The van der Waals surface area contributed by atoms with E-state index in [1.54, 1.807) is 0 Å². The lowest BCUT2D eigenvalue weighted by Crippen LogP contribution is -2.37. The van der Waals surface area contributed by atoms with Crippen molar-refractivity contribution in [3.8, 4) is 0 Å². The molecular formula is C9H10FNO3. The van der Waals surface area contributed by atoms with E-state index in [4.69, 9.17) is 2.74 Å². The lowest BCUT2D eigenvalue weighted by Gasteiger charge is -2.19. The van der Waals surface area contributed by atoms with Crippen LogP contribution in [0.1, 0.15) is 28.9 Å². The molecule has 0 atom stereocenters. The zero-order valence-electron chi connectivity index (χ0n) is 9.54. The molecule has 1 heterocycles. The van der Waals surface area contributed by atoms with Gasteiger partial charge in [-0.05, 0) is 6.37 Å². The molecule has 0 fully saturated rings. The minimum atomic E-state index is -1.79. The number of rotatable bonds is 2. The number of allylic oxidation sites excluding steroid dienone is 1. The zero-order valence-corrected chi connectivity index (χ0v) is 7.54. The van der Waals surface area contributed by atoms with Gasteiger partial charge in [-0.15, -0.1) is 0 Å². The van der Waals surface area contributed by atoms with Crippen molar-refractivity contribution in [3.05, 3.63) is 12.0 Å². The number of ketones is 1. The largest absolute Gasteiger partial charge is 0.291 e. The van der Waals surface area contributed by atoms with E-state index in [-0.39, 0.29) is 0 Å². The van der Waals surface area contributed by atoms with Crippen molar-refractivity contribution < 1.29 is 21.5 Å². The summed E-state index contributed by atoms with van der Waals surface area (Å²) in [6, 6.07) is 0. The molecule has 0 aromatic carbocycles. The van der Waals surface area contributed by atoms with Gasteiger partial charge in [0.05, 0.1) is 12.6 Å². The Hall–Kier alpha value is -1.52. The van der Waals surface area contributed by atoms with Gasteiger partial charge < -0.3 is 0 Å². The Morgan fingerprint density at radius 2 is 2.36 bits per heavy atom. The molecule has 14 heavy (non-hydrogen) atoms. The van der Waals surface area contributed by atoms with Crippen LogP contribution in [-0.2, 0) is 14.4 Å². The van der Waals surface area contributed by atoms with E-state index < -0.39 is 42.6 Å². The average Bonchev–Trinajstić information content (AvgIpc) is 2.08. The minimum Gasteiger partial charge on any atom is -0.291 e. The van der Waals surface area contributed by atoms with Crippen molar-refractivity contribution in [3.63, 3.8) is 0 Å². The fraction of sp³-hybridized carbons (Fsp3) is 0.444. The zero-order chi connectivity index (χ0) is 12.5. The molecule has 4 nitrogen and oxygen atoms in total. The number of hydrogen-bond donors (Lipinski definition) is 0. The van der Waals surface area contributed by atoms with Crippen molar-refractivity contribution in [1.82, 2.24) is 4.90 Å². The number of halogens is 1. The predicted octanol–water partition coefficient (Wildman–Crippen LogP) is 0.925. The summed E-state index contributed by atoms with van der Waals surface area (Å²) in [5.74, 6) is -3.82. The first-order valence-electron chi connectivity index (χ1n) is 4.96. The maximum absolute atomic E-state index is 12.9. The van der Waals surface area contributed by atoms with Gasteiger partial charge in [-0.3, -0.25) is 19.3 Å². The van der Waals surface area contributed by atoms with E-state index in [0.717, 1.165) is 0 Å². The first-order chi connectivity index (χ1) is 7.20. The minimum absolute atomic E-state index is 0.456. The van der Waals surface area contributed by atoms with Gasteiger partial charge in [-0.25, -0.2) is 4.39 Å². The second-order valence-electron chi connectivity index (χ2n) is 2.76. The molecule has 0 bridgehead atoms. The first kappa shape index (κ1) is 7.84. The number of Topliss-reactive ketones (excluding diaryl/α,β-unsaturated/α-hetero) is 1. The standard InChI is InChI=1S/C9H10FNO3/c1-2-3-8(13)11-5-6(10)7(12)4-9(11)14/h5H,2-4H2,1H3/i2D2. The summed E-state index contributed by atoms with van der Waals surface area (Å²) in [5, 5.41) is 0. The summed E-state index contributed by atoms with van der Waals surface area (Å²) in [6.07, 6.45) is -2.51. The Bertz CT molecular complexity index is 387. The summed E-state index contributed by atoms with van der Waals surface area (Å²) in [6.45, 7) is 1.17. The third-order valence-electron chi connectivity index (χ3n) is 1.69. The molecule has 0 unspecified atom stereocenters. The number of nitrogens with zero attached hydrogens (tertiary/aromatic N) is 1. The molecule has 1 aliphatic rings. The average molecular weight is 201 g/mol. The van der Waals surface area contributed by atoms with Crippen LogP contribution >= 0.6 is 0 Å². The van der Waals surface area contributed by atoms with Gasteiger partial charge in [0.2, 0.25) is 17.6 Å². The SMILES string of the molecule is [2H]C([2H])(C)CC(=O)N1C=C(F)C(=O)CC1=O. The van der Waals surface area contributed by atoms with Crippen LogP contribution in [0.15, 0.2) is 12.0 Å². The highest BCUT2D eigenvalue weighted by atomic mass is 19.1. The molecule has 0 N–H and O–H groups in total. The van der Waals surface area contributed by atoms with Crippen LogP contribution in [0.2, 0.25) is 0 Å². The molecule has 0 spiro atoms. The topological polar surface area (TPSA) is 54.5 Å². The van der Waals surface area contributed by atoms with E-state index in [1.807, 2.05) is 0 Å². The monoisotopic (exact) mass is 201 g/mol. The van der Waals surface area contributed by atoms with Crippen molar-refractivity contribution in [2.45, 2.75) is 26.1 Å². The van der Waals surface area contributed by atoms with Gasteiger partial charge in [0.25, 0.3) is 0 Å². The maximum Gasteiger partial charge on any atom is 0.241 e. The Labute approximate surface area is 83.2 Å². The molecule has 0 aromatic heterocycles. The molecule has 76 valence electrons. The van der Waals surface area contributed by atoms with E-state index in [0.29, 0.717) is 11.1 Å². The Balaban J connectivity index is 2.85. The van der Waals surface area contributed by atoms with E-state index in [1.165, 1.54) is 6.92 Å². The Kier molecular flexibility index (Phi) is 2.31. The summed E-state index contributed by atoms with van der Waals surface area (Å²) in [4.78, 5) is 33.9. The van der Waals surface area contributed by atoms with Crippen LogP contribution in [0, 0.1) is 0 Å². The van der Waals surface area contributed by atoms with Crippen LogP contribution in [0.5, 0.6) is 0 Å². The number of carbonyl (C=O) groups is 3. The Morgan fingerprint density at radius 1 is 1.71 bits per heavy atom. The highest BCUT2D eigenvalue weighted by Crippen LogP contribution is 2.14. The van der Waals surface area contributed by atoms with Crippen LogP contribution < -0.4 is 0 Å². The summed E-state index contributed by atoms with van der Waals surface area (Å²) >= 11 is 0. The fourth-order valence-electron chi connectivity index (χ4n) is 1.01. The molecule has 5 heteroatoms. The molecule has 1 rings (SSSR count). The molecular weight excluding hydrogens is 189 g/mol.